The van der Waals surface area contributed by atoms with Crippen molar-refractivity contribution in [2.45, 2.75) is 19.1 Å². The molecule has 3 N–H and O–H groups in total. The summed E-state index contributed by atoms with van der Waals surface area (Å²) >= 11 is 0. The molecule has 0 saturated carbocycles. The van der Waals surface area contributed by atoms with Crippen LogP contribution >= 0.6 is 0 Å². The van der Waals surface area contributed by atoms with Crippen LogP contribution in [-0.2, 0) is 4.74 Å². The van der Waals surface area contributed by atoms with E-state index in [4.69, 9.17) is 9.47 Å². The van der Waals surface area contributed by atoms with Gasteiger partial charge in [-0.1, -0.05) is 0 Å². The van der Waals surface area contributed by atoms with Crippen molar-refractivity contribution in [3.05, 3.63) is 35.9 Å². The van der Waals surface area contributed by atoms with Gasteiger partial charge in [0.15, 0.2) is 5.75 Å². The van der Waals surface area contributed by atoms with E-state index in [2.05, 4.69) is 20.5 Å². The molecule has 0 radical (unpaired) electrons. The maximum Gasteiger partial charge on any atom is 0.253 e. The van der Waals surface area contributed by atoms with E-state index in [0.717, 1.165) is 5.56 Å². The summed E-state index contributed by atoms with van der Waals surface area (Å²) in [4.78, 5) is 15.1. The lowest BCUT2D eigenvalue weighted by molar-refractivity contribution is 0.0904. The third-order valence-electron chi connectivity index (χ3n) is 3.30. The summed E-state index contributed by atoms with van der Waals surface area (Å²) in [5.41, 5.74) is 1.55. The van der Waals surface area contributed by atoms with Crippen LogP contribution in [0.1, 0.15) is 15.9 Å². The number of rotatable bonds is 4. The van der Waals surface area contributed by atoms with Gasteiger partial charge in [-0.25, -0.2) is 0 Å². The average Bonchev–Trinajstić information content (AvgIpc) is 3.13. The first-order chi connectivity index (χ1) is 9.74. The second kappa shape index (κ2) is 5.38. The smallest absolute Gasteiger partial charge is 0.253 e. The lowest BCUT2D eigenvalue weighted by Crippen LogP contribution is -2.45. The number of nitrogens with zero attached hydrogens (tertiary/aromatic N) is 1. The summed E-state index contributed by atoms with van der Waals surface area (Å²) in [6.45, 7) is 2.77. The van der Waals surface area contributed by atoms with Crippen LogP contribution in [0.25, 0.3) is 0 Å². The predicted octanol–water partition coefficient (Wildman–Crippen LogP) is 0.622. The molecule has 2 aromatic rings. The van der Waals surface area contributed by atoms with Crippen molar-refractivity contribution in [3.8, 4) is 5.75 Å². The minimum Gasteiger partial charge on any atom is -0.482 e. The minimum absolute atomic E-state index is 0.125. The molecule has 7 heteroatoms. The number of carbonyl (C=O) groups excluding carboxylic acids is 1. The van der Waals surface area contributed by atoms with Crippen molar-refractivity contribution in [1.29, 1.82) is 0 Å². The van der Waals surface area contributed by atoms with Gasteiger partial charge in [0.2, 0.25) is 0 Å². The number of aryl methyl sites for hydroxylation is 1. The molecule has 3 rings (SSSR count). The summed E-state index contributed by atoms with van der Waals surface area (Å²) in [6, 6.07) is -0.174. The molecule has 0 bridgehead atoms. The Bertz CT molecular complexity index is 578. The van der Waals surface area contributed by atoms with Gasteiger partial charge < -0.3 is 19.8 Å². The van der Waals surface area contributed by atoms with E-state index in [1.807, 2.05) is 6.92 Å². The predicted molar refractivity (Wildman–Crippen MR) is 70.6 cm³/mol. The first-order valence-corrected chi connectivity index (χ1v) is 6.41. The summed E-state index contributed by atoms with van der Waals surface area (Å²) < 4.78 is 11.1. The SMILES string of the molecule is Cc1c[nH]cc1C(=O)N[C@H]1COC[C@H]1Oc1cn[nH]c1. The first kappa shape index (κ1) is 12.7. The van der Waals surface area contributed by atoms with Gasteiger partial charge in [-0.2, -0.15) is 5.10 Å². The molecule has 0 unspecified atom stereocenters. The Morgan fingerprint density at radius 3 is 3.05 bits per heavy atom. The monoisotopic (exact) mass is 276 g/mol. The molecular weight excluding hydrogens is 260 g/mol. The molecule has 1 amide bonds. The van der Waals surface area contributed by atoms with Crippen LogP contribution in [0, 0.1) is 6.92 Å². The van der Waals surface area contributed by atoms with Gasteiger partial charge in [0.25, 0.3) is 5.91 Å². The number of hydrogen-bond acceptors (Lipinski definition) is 4. The Balaban J connectivity index is 1.64. The van der Waals surface area contributed by atoms with E-state index in [0.29, 0.717) is 24.5 Å². The van der Waals surface area contributed by atoms with Gasteiger partial charge in [0, 0.05) is 12.4 Å². The minimum atomic E-state index is -0.212. The van der Waals surface area contributed by atoms with Gasteiger partial charge in [-0.05, 0) is 12.5 Å². The summed E-state index contributed by atoms with van der Waals surface area (Å²) in [7, 11) is 0. The molecule has 0 spiro atoms. The van der Waals surface area contributed by atoms with Gasteiger partial charge in [0.1, 0.15) is 6.10 Å². The molecular formula is C13H16N4O3. The number of aromatic nitrogens is 3. The zero-order valence-corrected chi connectivity index (χ0v) is 11.1. The second-order valence-electron chi connectivity index (χ2n) is 4.76. The number of H-pyrrole nitrogens is 2. The molecule has 0 aromatic carbocycles. The summed E-state index contributed by atoms with van der Waals surface area (Å²) in [5.74, 6) is 0.512. The van der Waals surface area contributed by atoms with Crippen molar-refractivity contribution in [2.24, 2.45) is 0 Å². The average molecular weight is 276 g/mol. The van der Waals surface area contributed by atoms with E-state index >= 15 is 0 Å². The molecule has 106 valence electrons. The molecule has 2 atom stereocenters. The van der Waals surface area contributed by atoms with Crippen molar-refractivity contribution in [2.75, 3.05) is 13.2 Å². The highest BCUT2D eigenvalue weighted by Crippen LogP contribution is 2.16. The Morgan fingerprint density at radius 2 is 2.35 bits per heavy atom. The quantitative estimate of drug-likeness (QED) is 0.763. The third-order valence-corrected chi connectivity index (χ3v) is 3.30. The largest absolute Gasteiger partial charge is 0.482 e. The van der Waals surface area contributed by atoms with E-state index in [1.54, 1.807) is 24.8 Å². The Labute approximate surface area is 115 Å². The van der Waals surface area contributed by atoms with E-state index in [9.17, 15) is 4.79 Å². The molecule has 1 aliphatic rings. The van der Waals surface area contributed by atoms with Crippen LogP contribution in [0.5, 0.6) is 5.75 Å². The van der Waals surface area contributed by atoms with Crippen LogP contribution in [0.3, 0.4) is 0 Å². The van der Waals surface area contributed by atoms with Crippen molar-refractivity contribution >= 4 is 5.91 Å². The number of amides is 1. The molecule has 20 heavy (non-hydrogen) atoms. The zero-order valence-electron chi connectivity index (χ0n) is 11.1. The lowest BCUT2D eigenvalue weighted by Gasteiger charge is -2.19. The van der Waals surface area contributed by atoms with E-state index < -0.39 is 0 Å². The zero-order chi connectivity index (χ0) is 13.9. The highest BCUT2D eigenvalue weighted by Gasteiger charge is 2.32. The van der Waals surface area contributed by atoms with E-state index in [1.165, 1.54) is 0 Å². The van der Waals surface area contributed by atoms with E-state index in [-0.39, 0.29) is 18.1 Å². The fraction of sp³-hybridized carbons (Fsp3) is 0.385. The number of ether oxygens (including phenoxy) is 2. The van der Waals surface area contributed by atoms with Crippen molar-refractivity contribution < 1.29 is 14.3 Å². The molecule has 3 heterocycles. The van der Waals surface area contributed by atoms with Crippen LogP contribution in [0.15, 0.2) is 24.8 Å². The van der Waals surface area contributed by atoms with Gasteiger partial charge in [-0.15, -0.1) is 0 Å². The Hall–Kier alpha value is -2.28. The van der Waals surface area contributed by atoms with Crippen LogP contribution < -0.4 is 10.1 Å². The van der Waals surface area contributed by atoms with Crippen molar-refractivity contribution in [3.63, 3.8) is 0 Å². The number of carbonyl (C=O) groups is 1. The van der Waals surface area contributed by atoms with Crippen LogP contribution in [0.2, 0.25) is 0 Å². The van der Waals surface area contributed by atoms with Gasteiger partial charge in [0.05, 0.1) is 37.2 Å². The fourth-order valence-electron chi connectivity index (χ4n) is 2.20. The topological polar surface area (TPSA) is 92.0 Å². The number of nitrogens with one attached hydrogen (secondary N) is 3. The molecule has 0 aliphatic carbocycles. The normalized spacial score (nSPS) is 21.9. The Kier molecular flexibility index (Phi) is 3.42. The molecule has 7 nitrogen and oxygen atoms in total. The van der Waals surface area contributed by atoms with Crippen molar-refractivity contribution in [1.82, 2.24) is 20.5 Å². The lowest BCUT2D eigenvalue weighted by atomic mass is 10.1. The van der Waals surface area contributed by atoms with Crippen LogP contribution in [0.4, 0.5) is 0 Å². The standard InChI is InChI=1S/C13H16N4O3/c1-8-2-14-5-10(8)13(18)17-11-6-19-7-12(11)20-9-3-15-16-4-9/h2-5,11-12,14H,6-7H2,1H3,(H,15,16)(H,17,18)/t11-,12+/m0/s1. The summed E-state index contributed by atoms with van der Waals surface area (Å²) in [5, 5.41) is 9.45. The number of aromatic amines is 2. The highest BCUT2D eigenvalue weighted by molar-refractivity contribution is 5.95. The molecule has 1 fully saturated rings. The second-order valence-corrected chi connectivity index (χ2v) is 4.76. The maximum atomic E-state index is 12.2. The Morgan fingerprint density at radius 1 is 1.45 bits per heavy atom. The molecule has 2 aromatic heterocycles. The fourth-order valence-corrected chi connectivity index (χ4v) is 2.20. The first-order valence-electron chi connectivity index (χ1n) is 6.41. The number of hydrogen-bond donors (Lipinski definition) is 3. The molecule has 1 saturated heterocycles. The van der Waals surface area contributed by atoms with Gasteiger partial charge >= 0.3 is 0 Å². The third kappa shape index (κ3) is 2.53. The van der Waals surface area contributed by atoms with Crippen LogP contribution in [-0.4, -0.2) is 46.4 Å². The highest BCUT2D eigenvalue weighted by atomic mass is 16.5. The van der Waals surface area contributed by atoms with Gasteiger partial charge in [-0.3, -0.25) is 9.89 Å². The summed E-state index contributed by atoms with van der Waals surface area (Å²) in [6.07, 6.45) is 6.52. The maximum absolute atomic E-state index is 12.2. The molecule has 1 aliphatic heterocycles.